The fourth-order valence-corrected chi connectivity index (χ4v) is 3.36. The predicted octanol–water partition coefficient (Wildman–Crippen LogP) is 3.97. The summed E-state index contributed by atoms with van der Waals surface area (Å²) in [5, 5.41) is 21.8. The number of nitro groups is 1. The van der Waals surface area contributed by atoms with Crippen LogP contribution in [0.15, 0.2) is 88.7 Å². The SMILES string of the molecule is O=C(C1=C(O)C(=O)N(c2ccccc2)[C@@H]1c1cccc([N+](=O)[O-])c1)c1ccco1. The van der Waals surface area contributed by atoms with Crippen LogP contribution in [-0.2, 0) is 4.79 Å². The van der Waals surface area contributed by atoms with Gasteiger partial charge in [-0.2, -0.15) is 0 Å². The van der Waals surface area contributed by atoms with Crippen LogP contribution in [-0.4, -0.2) is 21.7 Å². The van der Waals surface area contributed by atoms with Gasteiger partial charge >= 0.3 is 0 Å². The van der Waals surface area contributed by atoms with Crippen molar-refractivity contribution in [3.05, 3.63) is 106 Å². The summed E-state index contributed by atoms with van der Waals surface area (Å²) in [7, 11) is 0. The number of nitro benzene ring substituents is 1. The summed E-state index contributed by atoms with van der Waals surface area (Å²) in [4.78, 5) is 37.8. The van der Waals surface area contributed by atoms with Crippen LogP contribution < -0.4 is 4.90 Å². The summed E-state index contributed by atoms with van der Waals surface area (Å²) < 4.78 is 5.15. The lowest BCUT2D eigenvalue weighted by Gasteiger charge is -2.26. The van der Waals surface area contributed by atoms with E-state index in [1.165, 1.54) is 41.5 Å². The number of rotatable bonds is 5. The third-order valence-corrected chi connectivity index (χ3v) is 4.63. The van der Waals surface area contributed by atoms with Gasteiger partial charge in [-0.25, -0.2) is 0 Å². The smallest absolute Gasteiger partial charge is 0.294 e. The number of nitrogens with zero attached hydrogens (tertiary/aromatic N) is 2. The molecule has 0 fully saturated rings. The van der Waals surface area contributed by atoms with E-state index in [0.717, 1.165) is 0 Å². The molecule has 3 aromatic rings. The van der Waals surface area contributed by atoms with Crippen LogP contribution in [0.25, 0.3) is 0 Å². The van der Waals surface area contributed by atoms with Gasteiger partial charge in [0, 0.05) is 17.8 Å². The first-order chi connectivity index (χ1) is 14.0. The number of carbonyl (C=O) groups is 2. The van der Waals surface area contributed by atoms with E-state index < -0.39 is 28.4 Å². The second-order valence-corrected chi connectivity index (χ2v) is 6.33. The molecule has 8 heteroatoms. The fraction of sp³-hybridized carbons (Fsp3) is 0.0476. The number of carbonyl (C=O) groups excluding carboxylic acids is 2. The number of aliphatic hydroxyl groups is 1. The first-order valence-electron chi connectivity index (χ1n) is 8.63. The molecule has 1 atom stereocenters. The molecule has 1 aliphatic heterocycles. The summed E-state index contributed by atoms with van der Waals surface area (Å²) in [6.45, 7) is 0. The number of aliphatic hydroxyl groups excluding tert-OH is 1. The highest BCUT2D eigenvalue weighted by Crippen LogP contribution is 2.42. The molecular weight excluding hydrogens is 376 g/mol. The van der Waals surface area contributed by atoms with Crippen LogP contribution in [0.2, 0.25) is 0 Å². The summed E-state index contributed by atoms with van der Waals surface area (Å²) in [5.41, 5.74) is 0.353. The van der Waals surface area contributed by atoms with Crippen LogP contribution >= 0.6 is 0 Å². The normalized spacial score (nSPS) is 16.3. The molecule has 1 amide bonds. The van der Waals surface area contributed by atoms with Gasteiger partial charge in [-0.15, -0.1) is 0 Å². The largest absolute Gasteiger partial charge is 0.503 e. The van der Waals surface area contributed by atoms with Gasteiger partial charge < -0.3 is 9.52 Å². The Morgan fingerprint density at radius 3 is 2.48 bits per heavy atom. The zero-order valence-electron chi connectivity index (χ0n) is 14.9. The zero-order valence-corrected chi connectivity index (χ0v) is 14.9. The Bertz CT molecular complexity index is 1130. The van der Waals surface area contributed by atoms with E-state index in [9.17, 15) is 24.8 Å². The Morgan fingerprint density at radius 1 is 1.07 bits per heavy atom. The quantitative estimate of drug-likeness (QED) is 0.400. The van der Waals surface area contributed by atoms with Crippen molar-refractivity contribution in [3.63, 3.8) is 0 Å². The van der Waals surface area contributed by atoms with E-state index in [4.69, 9.17) is 4.42 Å². The van der Waals surface area contributed by atoms with Crippen LogP contribution in [0.4, 0.5) is 11.4 Å². The molecule has 1 aromatic heterocycles. The maximum atomic E-state index is 13.0. The number of ketones is 1. The van der Waals surface area contributed by atoms with E-state index in [1.807, 2.05) is 0 Å². The molecule has 29 heavy (non-hydrogen) atoms. The molecule has 1 N–H and O–H groups in total. The third kappa shape index (κ3) is 3.06. The van der Waals surface area contributed by atoms with Crippen LogP contribution in [0.5, 0.6) is 0 Å². The van der Waals surface area contributed by atoms with Crippen LogP contribution in [0, 0.1) is 10.1 Å². The molecule has 0 radical (unpaired) electrons. The molecule has 0 aliphatic carbocycles. The molecule has 0 saturated carbocycles. The molecule has 0 spiro atoms. The van der Waals surface area contributed by atoms with Gasteiger partial charge in [0.1, 0.15) is 0 Å². The number of hydrogen-bond acceptors (Lipinski definition) is 6. The number of Topliss-reactive ketones (excluding diaryl/α,β-unsaturated/α-hetero) is 1. The number of amides is 1. The zero-order chi connectivity index (χ0) is 20.5. The number of anilines is 1. The maximum absolute atomic E-state index is 13.0. The molecule has 1 aliphatic rings. The van der Waals surface area contributed by atoms with Crippen molar-refractivity contribution in [2.24, 2.45) is 0 Å². The van der Waals surface area contributed by atoms with E-state index in [-0.39, 0.29) is 17.0 Å². The molecular formula is C21H14N2O6. The van der Waals surface area contributed by atoms with Gasteiger partial charge in [-0.05, 0) is 29.8 Å². The Balaban J connectivity index is 1.91. The van der Waals surface area contributed by atoms with Crippen molar-refractivity contribution < 1.29 is 24.0 Å². The minimum atomic E-state index is -1.05. The fourth-order valence-electron chi connectivity index (χ4n) is 3.36. The summed E-state index contributed by atoms with van der Waals surface area (Å²) in [6, 6.07) is 16.0. The monoisotopic (exact) mass is 390 g/mol. The van der Waals surface area contributed by atoms with Gasteiger partial charge in [-0.1, -0.05) is 30.3 Å². The number of furan rings is 1. The average molecular weight is 390 g/mol. The van der Waals surface area contributed by atoms with Crippen molar-refractivity contribution >= 4 is 23.1 Å². The molecule has 0 saturated heterocycles. The van der Waals surface area contributed by atoms with E-state index in [2.05, 4.69) is 0 Å². The topological polar surface area (TPSA) is 114 Å². The average Bonchev–Trinajstić information content (AvgIpc) is 3.36. The Kier molecular flexibility index (Phi) is 4.44. The highest BCUT2D eigenvalue weighted by atomic mass is 16.6. The van der Waals surface area contributed by atoms with E-state index in [0.29, 0.717) is 11.3 Å². The Labute approximate surface area is 164 Å². The number of non-ortho nitro benzene ring substituents is 1. The second-order valence-electron chi connectivity index (χ2n) is 6.33. The molecule has 4 rings (SSSR count). The predicted molar refractivity (Wildman–Crippen MR) is 102 cm³/mol. The lowest BCUT2D eigenvalue weighted by molar-refractivity contribution is -0.384. The van der Waals surface area contributed by atoms with E-state index in [1.54, 1.807) is 36.4 Å². The maximum Gasteiger partial charge on any atom is 0.294 e. The van der Waals surface area contributed by atoms with Crippen molar-refractivity contribution in [2.75, 3.05) is 4.90 Å². The first kappa shape index (κ1) is 18.2. The number of hydrogen-bond donors (Lipinski definition) is 1. The van der Waals surface area contributed by atoms with Gasteiger partial charge in [0.2, 0.25) is 5.78 Å². The Morgan fingerprint density at radius 2 is 1.83 bits per heavy atom. The number of benzene rings is 2. The van der Waals surface area contributed by atoms with Crippen molar-refractivity contribution in [2.45, 2.75) is 6.04 Å². The van der Waals surface area contributed by atoms with Crippen LogP contribution in [0.1, 0.15) is 22.2 Å². The van der Waals surface area contributed by atoms with Crippen molar-refractivity contribution in [1.82, 2.24) is 0 Å². The van der Waals surface area contributed by atoms with Gasteiger partial charge in [0.25, 0.3) is 11.6 Å². The molecule has 0 bridgehead atoms. The van der Waals surface area contributed by atoms with Gasteiger partial charge in [0.05, 0.1) is 22.8 Å². The van der Waals surface area contributed by atoms with E-state index >= 15 is 0 Å². The molecule has 144 valence electrons. The molecule has 2 heterocycles. The summed E-state index contributed by atoms with van der Waals surface area (Å²) >= 11 is 0. The lowest BCUT2D eigenvalue weighted by atomic mass is 9.94. The molecule has 2 aromatic carbocycles. The van der Waals surface area contributed by atoms with Crippen LogP contribution in [0.3, 0.4) is 0 Å². The highest BCUT2D eigenvalue weighted by molar-refractivity contribution is 6.20. The molecule has 8 nitrogen and oxygen atoms in total. The van der Waals surface area contributed by atoms with Crippen molar-refractivity contribution in [1.29, 1.82) is 0 Å². The van der Waals surface area contributed by atoms with Gasteiger partial charge in [0.15, 0.2) is 11.5 Å². The first-order valence-corrected chi connectivity index (χ1v) is 8.63. The minimum absolute atomic E-state index is 0.0512. The summed E-state index contributed by atoms with van der Waals surface area (Å²) in [6.07, 6.45) is 1.30. The van der Waals surface area contributed by atoms with Gasteiger partial charge in [-0.3, -0.25) is 24.6 Å². The molecule has 0 unspecified atom stereocenters. The standard InChI is InChI=1S/C21H14N2O6/c24-19(16-10-5-11-29-16)17-18(13-6-4-9-15(12-13)23(27)28)22(21(26)20(17)25)14-7-2-1-3-8-14/h1-12,18,25H/t18-/m1/s1. The number of para-hydroxylation sites is 1. The second kappa shape index (κ2) is 7.08. The highest BCUT2D eigenvalue weighted by Gasteiger charge is 2.45. The lowest BCUT2D eigenvalue weighted by Crippen LogP contribution is -2.31. The Hall–Kier alpha value is -4.20. The third-order valence-electron chi connectivity index (χ3n) is 4.63. The summed E-state index contributed by atoms with van der Waals surface area (Å²) in [5.74, 6) is -2.21. The van der Waals surface area contributed by atoms with Crippen molar-refractivity contribution in [3.8, 4) is 0 Å². The minimum Gasteiger partial charge on any atom is -0.503 e.